The van der Waals surface area contributed by atoms with Crippen LogP contribution in [0, 0.1) is 0 Å². The van der Waals surface area contributed by atoms with E-state index in [1.807, 2.05) is 0 Å². The third kappa shape index (κ3) is 4.24. The van der Waals surface area contributed by atoms with Gasteiger partial charge in [0.25, 0.3) is 11.8 Å². The summed E-state index contributed by atoms with van der Waals surface area (Å²) in [5, 5.41) is 8.71. The smallest absolute Gasteiger partial charge is 0.337 e. The van der Waals surface area contributed by atoms with Crippen molar-refractivity contribution in [2.75, 3.05) is 13.3 Å². The van der Waals surface area contributed by atoms with Gasteiger partial charge in [-0.15, -0.1) is 5.06 Å². The van der Waals surface area contributed by atoms with Crippen LogP contribution in [0.4, 0.5) is 0 Å². The molecule has 0 aromatic carbocycles. The number of nitrogens with one attached hydrogen (secondary N) is 1. The van der Waals surface area contributed by atoms with Crippen molar-refractivity contribution in [2.45, 2.75) is 19.3 Å². The van der Waals surface area contributed by atoms with E-state index >= 15 is 0 Å². The fourth-order valence-electron chi connectivity index (χ4n) is 1.29. The van der Waals surface area contributed by atoms with Gasteiger partial charge in [0.05, 0.1) is 13.0 Å². The maximum Gasteiger partial charge on any atom is 0.337 e. The zero-order chi connectivity index (χ0) is 13.5. The fourth-order valence-corrected chi connectivity index (χ4v) is 1.29. The summed E-state index contributed by atoms with van der Waals surface area (Å²) in [4.78, 5) is 38.3. The Morgan fingerprint density at radius 2 is 2.00 bits per heavy atom. The van der Waals surface area contributed by atoms with Crippen LogP contribution >= 0.6 is 0 Å². The van der Waals surface area contributed by atoms with Crippen molar-refractivity contribution >= 4 is 17.8 Å². The molecule has 1 fully saturated rings. The monoisotopic (exact) mass is 258 g/mol. The topological polar surface area (TPSA) is 105 Å². The Labute approximate surface area is 103 Å². The van der Waals surface area contributed by atoms with Crippen LogP contribution < -0.4 is 5.48 Å². The van der Waals surface area contributed by atoms with Gasteiger partial charge in [0.15, 0.2) is 0 Å². The predicted molar refractivity (Wildman–Crippen MR) is 56.7 cm³/mol. The van der Waals surface area contributed by atoms with Gasteiger partial charge in [-0.25, -0.2) is 4.79 Å². The number of imide groups is 1. The second-order valence-corrected chi connectivity index (χ2v) is 3.62. The number of nitrogens with zero attached hydrogens (tertiary/aromatic N) is 1. The Morgan fingerprint density at radius 3 is 2.56 bits per heavy atom. The molecule has 1 heterocycles. The van der Waals surface area contributed by atoms with Crippen molar-refractivity contribution in [1.29, 1.82) is 0 Å². The molecule has 2 N–H and O–H groups in total. The van der Waals surface area contributed by atoms with Crippen molar-refractivity contribution in [1.82, 2.24) is 10.5 Å². The van der Waals surface area contributed by atoms with Crippen molar-refractivity contribution < 1.29 is 29.2 Å². The number of hydrogen-bond donors (Lipinski definition) is 2. The van der Waals surface area contributed by atoms with Crippen LogP contribution in [0.15, 0.2) is 12.2 Å². The molecule has 100 valence electrons. The van der Waals surface area contributed by atoms with Gasteiger partial charge in [-0.3, -0.25) is 9.59 Å². The zero-order valence-corrected chi connectivity index (χ0v) is 9.68. The molecular formula is C10H14N2O6. The van der Waals surface area contributed by atoms with Gasteiger partial charge in [-0.1, -0.05) is 6.58 Å². The molecule has 0 bridgehead atoms. The Morgan fingerprint density at radius 1 is 1.39 bits per heavy atom. The molecule has 8 nitrogen and oxygen atoms in total. The van der Waals surface area contributed by atoms with E-state index in [0.717, 1.165) is 0 Å². The molecule has 0 spiro atoms. The molecule has 2 amide bonds. The molecule has 0 unspecified atom stereocenters. The highest BCUT2D eigenvalue weighted by atomic mass is 16.7. The van der Waals surface area contributed by atoms with E-state index in [1.165, 1.54) is 0 Å². The van der Waals surface area contributed by atoms with E-state index in [9.17, 15) is 14.4 Å². The summed E-state index contributed by atoms with van der Waals surface area (Å²) in [7, 11) is 0. The minimum Gasteiger partial charge on any atom is -0.360 e. The Hall–Kier alpha value is -1.77. The predicted octanol–water partition coefficient (Wildman–Crippen LogP) is -0.507. The summed E-state index contributed by atoms with van der Waals surface area (Å²) >= 11 is 0. The number of carbonyl (C=O) groups is 3. The molecular weight excluding hydrogens is 244 g/mol. The Balaban J connectivity index is 2.30. The summed E-state index contributed by atoms with van der Waals surface area (Å²) in [6.07, 6.45) is -0.0703. The molecule has 0 aliphatic carbocycles. The van der Waals surface area contributed by atoms with Gasteiger partial charge < -0.3 is 14.8 Å². The SMILES string of the molecule is C=C(COCNO)CC(=O)ON1C(=O)CCC1=O. The molecule has 1 saturated heterocycles. The van der Waals surface area contributed by atoms with Crippen molar-refractivity contribution in [3.63, 3.8) is 0 Å². The molecule has 0 aromatic heterocycles. The molecule has 1 aliphatic heterocycles. The van der Waals surface area contributed by atoms with Crippen molar-refractivity contribution in [3.8, 4) is 0 Å². The maximum absolute atomic E-state index is 11.4. The van der Waals surface area contributed by atoms with Gasteiger partial charge in [0.1, 0.15) is 6.73 Å². The van der Waals surface area contributed by atoms with Gasteiger partial charge in [0.2, 0.25) is 0 Å². The highest BCUT2D eigenvalue weighted by molar-refractivity contribution is 6.01. The molecule has 8 heteroatoms. The summed E-state index contributed by atoms with van der Waals surface area (Å²) in [5.74, 6) is -1.82. The first-order valence-electron chi connectivity index (χ1n) is 5.22. The molecule has 0 radical (unpaired) electrons. The summed E-state index contributed by atoms with van der Waals surface area (Å²) in [6, 6.07) is 0. The normalized spacial score (nSPS) is 15.1. The van der Waals surface area contributed by atoms with Crippen LogP contribution in [0.5, 0.6) is 0 Å². The lowest BCUT2D eigenvalue weighted by atomic mass is 10.2. The Kier molecular flexibility index (Phi) is 5.43. The highest BCUT2D eigenvalue weighted by Gasteiger charge is 2.32. The number of carbonyl (C=O) groups excluding carboxylic acids is 3. The minimum absolute atomic E-state index is 0.0462. The van der Waals surface area contributed by atoms with Gasteiger partial charge in [-0.2, -0.15) is 5.48 Å². The van der Waals surface area contributed by atoms with Gasteiger partial charge in [-0.05, 0) is 5.57 Å². The lowest BCUT2D eigenvalue weighted by Crippen LogP contribution is -2.32. The van der Waals surface area contributed by atoms with Crippen LogP contribution in [0.3, 0.4) is 0 Å². The first-order valence-corrected chi connectivity index (χ1v) is 5.22. The molecule has 0 atom stereocenters. The first kappa shape index (κ1) is 14.3. The summed E-state index contributed by atoms with van der Waals surface area (Å²) in [5.41, 5.74) is 2.17. The van der Waals surface area contributed by atoms with E-state index < -0.39 is 17.8 Å². The second-order valence-electron chi connectivity index (χ2n) is 3.62. The van der Waals surface area contributed by atoms with E-state index in [4.69, 9.17) is 9.94 Å². The van der Waals surface area contributed by atoms with Crippen LogP contribution in [-0.4, -0.2) is 41.4 Å². The van der Waals surface area contributed by atoms with E-state index in [2.05, 4.69) is 11.4 Å². The first-order chi connectivity index (χ1) is 8.54. The quantitative estimate of drug-likeness (QED) is 0.208. The van der Waals surface area contributed by atoms with Crippen LogP contribution in [-0.2, 0) is 24.0 Å². The van der Waals surface area contributed by atoms with Crippen molar-refractivity contribution in [2.24, 2.45) is 0 Å². The number of hydroxylamine groups is 3. The van der Waals surface area contributed by atoms with Crippen LogP contribution in [0.1, 0.15) is 19.3 Å². The maximum atomic E-state index is 11.4. The third-order valence-electron chi connectivity index (χ3n) is 2.07. The lowest BCUT2D eigenvalue weighted by Gasteiger charge is -2.13. The second kappa shape index (κ2) is 6.84. The summed E-state index contributed by atoms with van der Waals surface area (Å²) < 4.78 is 4.84. The van der Waals surface area contributed by atoms with Crippen molar-refractivity contribution in [3.05, 3.63) is 12.2 Å². The molecule has 1 aliphatic rings. The molecule has 18 heavy (non-hydrogen) atoms. The van der Waals surface area contributed by atoms with E-state index in [-0.39, 0.29) is 32.6 Å². The highest BCUT2D eigenvalue weighted by Crippen LogP contribution is 2.13. The minimum atomic E-state index is -0.760. The molecule has 1 rings (SSSR count). The number of amides is 2. The van der Waals surface area contributed by atoms with Crippen LogP contribution in [0.25, 0.3) is 0 Å². The van der Waals surface area contributed by atoms with E-state index in [1.54, 1.807) is 5.48 Å². The van der Waals surface area contributed by atoms with Gasteiger partial charge in [0, 0.05) is 12.8 Å². The average Bonchev–Trinajstić information content (AvgIpc) is 2.61. The third-order valence-corrected chi connectivity index (χ3v) is 2.07. The average molecular weight is 258 g/mol. The standard InChI is InChI=1S/C10H14N2O6/c1-7(5-17-6-11-16)4-10(15)18-12-8(13)2-3-9(12)14/h11,16H,1-6H2. The zero-order valence-electron chi connectivity index (χ0n) is 9.68. The largest absolute Gasteiger partial charge is 0.360 e. The van der Waals surface area contributed by atoms with E-state index in [0.29, 0.717) is 10.6 Å². The molecule has 0 saturated carbocycles. The number of ether oxygens (including phenoxy) is 1. The lowest BCUT2D eigenvalue weighted by molar-refractivity contribution is -0.197. The molecule has 0 aromatic rings. The van der Waals surface area contributed by atoms with Gasteiger partial charge >= 0.3 is 5.97 Å². The van der Waals surface area contributed by atoms with Crippen LogP contribution in [0.2, 0.25) is 0 Å². The number of rotatable bonds is 7. The Bertz CT molecular complexity index is 351. The summed E-state index contributed by atoms with van der Waals surface area (Å²) in [6.45, 7) is 3.50. The fraction of sp³-hybridized carbons (Fsp3) is 0.500. The number of hydrogen-bond acceptors (Lipinski definition) is 7.